The molecule has 6 nitrogen and oxygen atoms in total. The molecule has 1 fully saturated rings. The molecular weight excluding hydrogens is 224 g/mol. The number of carboxylic acid groups (broad SMARTS) is 1. The Morgan fingerprint density at radius 3 is 2.76 bits per heavy atom. The van der Waals surface area contributed by atoms with Gasteiger partial charge in [-0.2, -0.15) is 0 Å². The van der Waals surface area contributed by atoms with Crippen LogP contribution in [0.5, 0.6) is 0 Å². The third-order valence-corrected chi connectivity index (χ3v) is 3.00. The largest absolute Gasteiger partial charge is 0.481 e. The molecule has 1 aliphatic heterocycles. The summed E-state index contributed by atoms with van der Waals surface area (Å²) in [6.07, 6.45) is 1.26. The highest BCUT2D eigenvalue weighted by Gasteiger charge is 2.30. The van der Waals surface area contributed by atoms with Crippen LogP contribution in [0.4, 0.5) is 0 Å². The summed E-state index contributed by atoms with van der Waals surface area (Å²) in [5.41, 5.74) is 0. The zero-order chi connectivity index (χ0) is 12.8. The summed E-state index contributed by atoms with van der Waals surface area (Å²) in [5.74, 6) is -1.04. The van der Waals surface area contributed by atoms with Crippen molar-refractivity contribution in [2.75, 3.05) is 13.7 Å². The van der Waals surface area contributed by atoms with E-state index in [-0.39, 0.29) is 30.5 Å². The van der Waals surface area contributed by atoms with E-state index in [4.69, 9.17) is 9.84 Å². The molecule has 0 spiro atoms. The second-order valence-electron chi connectivity index (χ2n) is 4.27. The number of methoxy groups -OCH3 is 1. The minimum absolute atomic E-state index is 0.0390. The first-order valence-corrected chi connectivity index (χ1v) is 5.85. The van der Waals surface area contributed by atoms with Crippen LogP contribution >= 0.6 is 0 Å². The number of hydrogen-bond acceptors (Lipinski definition) is 4. The number of carboxylic acids is 1. The number of ether oxygens (including phenoxy) is 1. The minimum atomic E-state index is -0.897. The van der Waals surface area contributed by atoms with Gasteiger partial charge in [0.05, 0.1) is 18.6 Å². The highest BCUT2D eigenvalue weighted by atomic mass is 16.5. The van der Waals surface area contributed by atoms with Gasteiger partial charge in [0.1, 0.15) is 0 Å². The van der Waals surface area contributed by atoms with Gasteiger partial charge < -0.3 is 20.5 Å². The van der Waals surface area contributed by atoms with Gasteiger partial charge in [-0.15, -0.1) is 0 Å². The van der Waals surface area contributed by atoms with Crippen LogP contribution in [0.25, 0.3) is 0 Å². The summed E-state index contributed by atoms with van der Waals surface area (Å²) in [7, 11) is 1.62. The maximum Gasteiger partial charge on any atom is 0.305 e. The smallest absolute Gasteiger partial charge is 0.305 e. The van der Waals surface area contributed by atoms with E-state index in [9.17, 15) is 9.59 Å². The van der Waals surface area contributed by atoms with Crippen molar-refractivity contribution in [2.24, 2.45) is 0 Å². The predicted octanol–water partition coefficient (Wildman–Crippen LogP) is -0.267. The van der Waals surface area contributed by atoms with Crippen LogP contribution in [0.15, 0.2) is 0 Å². The Balaban J connectivity index is 2.40. The van der Waals surface area contributed by atoms with Gasteiger partial charge in [-0.25, -0.2) is 0 Å². The standard InChI is InChI=1S/C11H20N2O4/c1-3-7(4-10(14)15)13-11(16)9-5-8(17-2)6-12-9/h7-9,12H,3-6H2,1-2H3,(H,13,16)(H,14,15). The predicted molar refractivity (Wildman–Crippen MR) is 61.7 cm³/mol. The van der Waals surface area contributed by atoms with Crippen LogP contribution in [0.3, 0.4) is 0 Å². The molecule has 0 aromatic carbocycles. The Bertz CT molecular complexity index is 283. The van der Waals surface area contributed by atoms with E-state index in [0.717, 1.165) is 0 Å². The lowest BCUT2D eigenvalue weighted by atomic mass is 10.1. The van der Waals surface area contributed by atoms with Crippen molar-refractivity contribution in [3.8, 4) is 0 Å². The summed E-state index contributed by atoms with van der Waals surface area (Å²) in [6.45, 7) is 2.51. The van der Waals surface area contributed by atoms with E-state index in [1.165, 1.54) is 0 Å². The molecule has 3 atom stereocenters. The van der Waals surface area contributed by atoms with Crippen molar-refractivity contribution in [1.82, 2.24) is 10.6 Å². The number of carbonyl (C=O) groups excluding carboxylic acids is 1. The second kappa shape index (κ2) is 6.56. The van der Waals surface area contributed by atoms with Gasteiger partial charge in [0, 0.05) is 19.7 Å². The molecule has 1 saturated heterocycles. The molecule has 3 unspecified atom stereocenters. The number of amides is 1. The molecule has 0 bridgehead atoms. The summed E-state index contributed by atoms with van der Waals surface area (Å²) >= 11 is 0. The SMILES string of the molecule is CCC(CC(=O)O)NC(=O)C1CC(OC)CN1. The van der Waals surface area contributed by atoms with E-state index in [2.05, 4.69) is 10.6 Å². The van der Waals surface area contributed by atoms with Gasteiger partial charge in [-0.3, -0.25) is 9.59 Å². The Morgan fingerprint density at radius 1 is 1.59 bits per heavy atom. The zero-order valence-corrected chi connectivity index (χ0v) is 10.2. The molecule has 98 valence electrons. The number of aliphatic carboxylic acids is 1. The maximum absolute atomic E-state index is 11.8. The summed E-state index contributed by atoms with van der Waals surface area (Å²) in [6, 6.07) is -0.578. The van der Waals surface area contributed by atoms with Crippen LogP contribution in [-0.4, -0.2) is 48.8 Å². The topological polar surface area (TPSA) is 87.7 Å². The normalized spacial score (nSPS) is 25.5. The van der Waals surface area contributed by atoms with E-state index >= 15 is 0 Å². The van der Waals surface area contributed by atoms with Crippen molar-refractivity contribution in [2.45, 2.75) is 44.4 Å². The van der Waals surface area contributed by atoms with Crippen molar-refractivity contribution < 1.29 is 19.4 Å². The Morgan fingerprint density at radius 2 is 2.29 bits per heavy atom. The number of rotatable bonds is 6. The second-order valence-corrected chi connectivity index (χ2v) is 4.27. The Kier molecular flexibility index (Phi) is 5.37. The van der Waals surface area contributed by atoms with E-state index < -0.39 is 5.97 Å². The van der Waals surface area contributed by atoms with Crippen LogP contribution in [0, 0.1) is 0 Å². The molecule has 0 aromatic rings. The summed E-state index contributed by atoms with van der Waals surface area (Å²) in [4.78, 5) is 22.4. The number of hydrogen-bond donors (Lipinski definition) is 3. The fourth-order valence-corrected chi connectivity index (χ4v) is 1.89. The fourth-order valence-electron chi connectivity index (χ4n) is 1.89. The van der Waals surface area contributed by atoms with Crippen LogP contribution < -0.4 is 10.6 Å². The van der Waals surface area contributed by atoms with E-state index in [1.807, 2.05) is 6.92 Å². The minimum Gasteiger partial charge on any atom is -0.481 e. The van der Waals surface area contributed by atoms with E-state index in [0.29, 0.717) is 19.4 Å². The number of nitrogens with one attached hydrogen (secondary N) is 2. The Labute approximate surface area is 101 Å². The van der Waals surface area contributed by atoms with Gasteiger partial charge in [-0.1, -0.05) is 6.92 Å². The highest BCUT2D eigenvalue weighted by molar-refractivity contribution is 5.83. The first-order chi connectivity index (χ1) is 8.06. The molecule has 0 saturated carbocycles. The number of carbonyl (C=O) groups is 2. The van der Waals surface area contributed by atoms with Crippen LogP contribution in [-0.2, 0) is 14.3 Å². The molecule has 1 rings (SSSR count). The van der Waals surface area contributed by atoms with Crippen molar-refractivity contribution in [3.63, 3.8) is 0 Å². The maximum atomic E-state index is 11.8. The molecule has 1 amide bonds. The quantitative estimate of drug-likeness (QED) is 0.599. The third kappa shape index (κ3) is 4.32. The molecule has 1 heterocycles. The Hall–Kier alpha value is -1.14. The third-order valence-electron chi connectivity index (χ3n) is 3.00. The van der Waals surface area contributed by atoms with Gasteiger partial charge in [0.25, 0.3) is 0 Å². The van der Waals surface area contributed by atoms with Crippen LogP contribution in [0.2, 0.25) is 0 Å². The van der Waals surface area contributed by atoms with Crippen LogP contribution in [0.1, 0.15) is 26.2 Å². The first kappa shape index (κ1) is 13.9. The molecule has 1 aliphatic rings. The molecule has 0 aromatic heterocycles. The molecule has 6 heteroatoms. The van der Waals surface area contributed by atoms with Gasteiger partial charge in [-0.05, 0) is 12.8 Å². The molecule has 17 heavy (non-hydrogen) atoms. The van der Waals surface area contributed by atoms with Gasteiger partial charge >= 0.3 is 5.97 Å². The average Bonchev–Trinajstić information content (AvgIpc) is 2.75. The summed E-state index contributed by atoms with van der Waals surface area (Å²) < 4.78 is 5.15. The van der Waals surface area contributed by atoms with Crippen molar-refractivity contribution in [3.05, 3.63) is 0 Å². The molecular formula is C11H20N2O4. The molecule has 0 aliphatic carbocycles. The first-order valence-electron chi connectivity index (χ1n) is 5.85. The zero-order valence-electron chi connectivity index (χ0n) is 10.2. The van der Waals surface area contributed by atoms with E-state index in [1.54, 1.807) is 7.11 Å². The molecule has 0 radical (unpaired) electrons. The molecule has 3 N–H and O–H groups in total. The fraction of sp³-hybridized carbons (Fsp3) is 0.818. The average molecular weight is 244 g/mol. The van der Waals surface area contributed by atoms with Crippen molar-refractivity contribution in [1.29, 1.82) is 0 Å². The highest BCUT2D eigenvalue weighted by Crippen LogP contribution is 2.10. The summed E-state index contributed by atoms with van der Waals surface area (Å²) in [5, 5.41) is 14.5. The van der Waals surface area contributed by atoms with Crippen molar-refractivity contribution >= 4 is 11.9 Å². The lowest BCUT2D eigenvalue weighted by molar-refractivity contribution is -0.137. The van der Waals surface area contributed by atoms with Gasteiger partial charge in [0.15, 0.2) is 0 Å². The lowest BCUT2D eigenvalue weighted by Crippen LogP contribution is -2.45. The monoisotopic (exact) mass is 244 g/mol. The van der Waals surface area contributed by atoms with Gasteiger partial charge in [0.2, 0.25) is 5.91 Å². The lowest BCUT2D eigenvalue weighted by Gasteiger charge is -2.18.